The topological polar surface area (TPSA) is 50.6 Å². The summed E-state index contributed by atoms with van der Waals surface area (Å²) in [5.41, 5.74) is 3.00. The number of para-hydroxylation sites is 1. The van der Waals surface area contributed by atoms with Crippen LogP contribution in [0.15, 0.2) is 66.7 Å². The van der Waals surface area contributed by atoms with Crippen LogP contribution in [-0.4, -0.2) is 46.5 Å². The van der Waals surface area contributed by atoms with Crippen LogP contribution in [0, 0.1) is 5.82 Å². The molecule has 1 aliphatic rings. The third kappa shape index (κ3) is 5.72. The van der Waals surface area contributed by atoms with Gasteiger partial charge in [-0.05, 0) is 42.3 Å². The van der Waals surface area contributed by atoms with E-state index in [0.29, 0.717) is 61.2 Å². The first-order valence-corrected chi connectivity index (χ1v) is 13.0. The average Bonchev–Trinajstić information content (AvgIpc) is 3.24. The SMILES string of the molecule is CCCC(=O)N1CCN(c2cc3c(cc2F)nc(COc2ccccc2)n3Cc2ccc(Cl)cc2)CC1. The molecule has 0 spiro atoms. The number of ether oxygens (including phenoxy) is 1. The van der Waals surface area contributed by atoms with E-state index in [1.54, 1.807) is 0 Å². The number of piperazine rings is 1. The van der Waals surface area contributed by atoms with Gasteiger partial charge in [0.15, 0.2) is 0 Å². The summed E-state index contributed by atoms with van der Waals surface area (Å²) < 4.78 is 23.4. The summed E-state index contributed by atoms with van der Waals surface area (Å²) in [6, 6.07) is 20.6. The Labute approximate surface area is 221 Å². The molecule has 1 fully saturated rings. The second-order valence-electron chi connectivity index (χ2n) is 9.25. The Morgan fingerprint density at radius 2 is 1.76 bits per heavy atom. The molecule has 1 aromatic heterocycles. The van der Waals surface area contributed by atoms with E-state index < -0.39 is 0 Å². The summed E-state index contributed by atoms with van der Waals surface area (Å²) in [5.74, 6) is 1.31. The minimum atomic E-state index is -0.312. The molecule has 2 heterocycles. The molecule has 0 bridgehead atoms. The van der Waals surface area contributed by atoms with Crippen molar-refractivity contribution in [1.82, 2.24) is 14.5 Å². The van der Waals surface area contributed by atoms with Gasteiger partial charge in [-0.25, -0.2) is 9.37 Å². The molecule has 4 aromatic rings. The van der Waals surface area contributed by atoms with Crippen molar-refractivity contribution >= 4 is 34.2 Å². The molecule has 6 nitrogen and oxygen atoms in total. The Kier molecular flexibility index (Phi) is 7.60. The summed E-state index contributed by atoms with van der Waals surface area (Å²) >= 11 is 6.10. The molecule has 37 heavy (non-hydrogen) atoms. The molecule has 3 aromatic carbocycles. The van der Waals surface area contributed by atoms with Gasteiger partial charge in [-0.3, -0.25) is 4.79 Å². The van der Waals surface area contributed by atoms with Gasteiger partial charge in [-0.2, -0.15) is 0 Å². The first-order chi connectivity index (χ1) is 18.0. The predicted octanol–water partition coefficient (Wildman–Crippen LogP) is 5.90. The van der Waals surface area contributed by atoms with Gasteiger partial charge in [-0.15, -0.1) is 0 Å². The van der Waals surface area contributed by atoms with Gasteiger partial charge in [0.2, 0.25) is 5.91 Å². The van der Waals surface area contributed by atoms with E-state index in [-0.39, 0.29) is 18.3 Å². The molecular weight excluding hydrogens is 491 g/mol. The molecular formula is C29H30ClFN4O2. The van der Waals surface area contributed by atoms with Crippen LogP contribution in [0.25, 0.3) is 11.0 Å². The van der Waals surface area contributed by atoms with Crippen LogP contribution in [-0.2, 0) is 17.9 Å². The first kappa shape index (κ1) is 25.1. The third-order valence-corrected chi connectivity index (χ3v) is 6.95. The number of halogens is 2. The normalized spacial score (nSPS) is 13.8. The van der Waals surface area contributed by atoms with Crippen LogP contribution in [0.4, 0.5) is 10.1 Å². The molecule has 1 saturated heterocycles. The number of amides is 1. The smallest absolute Gasteiger partial charge is 0.222 e. The van der Waals surface area contributed by atoms with Gasteiger partial charge in [0, 0.05) is 50.2 Å². The lowest BCUT2D eigenvalue weighted by Crippen LogP contribution is -2.49. The molecule has 0 saturated carbocycles. The maximum Gasteiger partial charge on any atom is 0.222 e. The maximum absolute atomic E-state index is 15.3. The molecule has 1 aliphatic heterocycles. The third-order valence-electron chi connectivity index (χ3n) is 6.70. The van der Waals surface area contributed by atoms with Gasteiger partial charge < -0.3 is 19.1 Å². The number of carbonyl (C=O) groups is 1. The van der Waals surface area contributed by atoms with Crippen molar-refractivity contribution < 1.29 is 13.9 Å². The largest absolute Gasteiger partial charge is 0.486 e. The number of anilines is 1. The second-order valence-corrected chi connectivity index (χ2v) is 9.69. The van der Waals surface area contributed by atoms with E-state index in [0.717, 1.165) is 23.3 Å². The molecule has 0 unspecified atom stereocenters. The first-order valence-electron chi connectivity index (χ1n) is 12.7. The van der Waals surface area contributed by atoms with Crippen LogP contribution in [0.3, 0.4) is 0 Å². The lowest BCUT2D eigenvalue weighted by Gasteiger charge is -2.36. The Morgan fingerprint density at radius 3 is 2.46 bits per heavy atom. The molecule has 5 rings (SSSR count). The highest BCUT2D eigenvalue weighted by Crippen LogP contribution is 2.29. The Balaban J connectivity index is 1.46. The minimum absolute atomic E-state index is 0.169. The standard InChI is InChI=1S/C29H30ClFN4O2/c1-2-6-29(36)34-15-13-33(14-16-34)26-18-27-25(17-24(26)31)32-28(20-37-23-7-4-3-5-8-23)35(27)19-21-9-11-22(30)12-10-21/h3-5,7-12,17-18H,2,6,13-16,19-20H2,1H3. The summed E-state index contributed by atoms with van der Waals surface area (Å²) in [6.45, 7) is 5.17. The number of rotatable bonds is 8. The Morgan fingerprint density at radius 1 is 1.03 bits per heavy atom. The zero-order valence-electron chi connectivity index (χ0n) is 20.9. The number of hydrogen-bond donors (Lipinski definition) is 0. The Hall–Kier alpha value is -3.58. The van der Waals surface area contributed by atoms with Gasteiger partial charge in [0.25, 0.3) is 0 Å². The molecule has 0 atom stereocenters. The van der Waals surface area contributed by atoms with Gasteiger partial charge in [0.05, 0.1) is 16.7 Å². The van der Waals surface area contributed by atoms with Crippen molar-refractivity contribution in [2.75, 3.05) is 31.1 Å². The molecule has 0 N–H and O–H groups in total. The summed E-state index contributed by atoms with van der Waals surface area (Å²) in [5, 5.41) is 0.674. The fourth-order valence-electron chi connectivity index (χ4n) is 4.72. The van der Waals surface area contributed by atoms with Crippen LogP contribution in [0.5, 0.6) is 5.75 Å². The predicted molar refractivity (Wildman–Crippen MR) is 145 cm³/mol. The van der Waals surface area contributed by atoms with Crippen molar-refractivity contribution in [2.24, 2.45) is 0 Å². The van der Waals surface area contributed by atoms with Gasteiger partial charge >= 0.3 is 0 Å². The van der Waals surface area contributed by atoms with Crippen LogP contribution >= 0.6 is 11.6 Å². The zero-order valence-corrected chi connectivity index (χ0v) is 21.6. The molecule has 0 aliphatic carbocycles. The van der Waals surface area contributed by atoms with E-state index in [9.17, 15) is 4.79 Å². The number of imidazole rings is 1. The summed E-state index contributed by atoms with van der Waals surface area (Å²) in [4.78, 5) is 20.9. The molecule has 1 amide bonds. The number of aromatic nitrogens is 2. The van der Waals surface area contributed by atoms with Crippen molar-refractivity contribution in [3.63, 3.8) is 0 Å². The van der Waals surface area contributed by atoms with Crippen molar-refractivity contribution in [2.45, 2.75) is 32.9 Å². The number of fused-ring (bicyclic) bond motifs is 1. The number of nitrogens with zero attached hydrogens (tertiary/aromatic N) is 4. The minimum Gasteiger partial charge on any atom is -0.486 e. The highest BCUT2D eigenvalue weighted by Gasteiger charge is 2.24. The molecule has 8 heteroatoms. The van der Waals surface area contributed by atoms with E-state index in [2.05, 4.69) is 4.57 Å². The number of hydrogen-bond acceptors (Lipinski definition) is 4. The van der Waals surface area contributed by atoms with E-state index in [1.807, 2.05) is 77.4 Å². The van der Waals surface area contributed by atoms with Gasteiger partial charge in [-0.1, -0.05) is 48.9 Å². The number of benzene rings is 3. The van der Waals surface area contributed by atoms with Crippen molar-refractivity contribution in [1.29, 1.82) is 0 Å². The van der Waals surface area contributed by atoms with Crippen LogP contribution in [0.1, 0.15) is 31.2 Å². The zero-order chi connectivity index (χ0) is 25.8. The van der Waals surface area contributed by atoms with Gasteiger partial charge in [0.1, 0.15) is 24.0 Å². The second kappa shape index (κ2) is 11.2. The number of carbonyl (C=O) groups excluding carboxylic acids is 1. The highest BCUT2D eigenvalue weighted by atomic mass is 35.5. The van der Waals surface area contributed by atoms with Crippen LogP contribution < -0.4 is 9.64 Å². The average molecular weight is 521 g/mol. The van der Waals surface area contributed by atoms with Crippen molar-refractivity contribution in [3.05, 3.63) is 89.0 Å². The molecule has 192 valence electrons. The Bertz CT molecular complexity index is 1370. The molecule has 0 radical (unpaired) electrons. The summed E-state index contributed by atoms with van der Waals surface area (Å²) in [6.07, 6.45) is 1.39. The lowest BCUT2D eigenvalue weighted by atomic mass is 10.2. The van der Waals surface area contributed by atoms with Crippen molar-refractivity contribution in [3.8, 4) is 5.75 Å². The summed E-state index contributed by atoms with van der Waals surface area (Å²) in [7, 11) is 0. The van der Waals surface area contributed by atoms with E-state index in [4.69, 9.17) is 21.3 Å². The van der Waals surface area contributed by atoms with E-state index in [1.165, 1.54) is 6.07 Å². The fourth-order valence-corrected chi connectivity index (χ4v) is 4.85. The highest BCUT2D eigenvalue weighted by molar-refractivity contribution is 6.30. The monoisotopic (exact) mass is 520 g/mol. The quantitative estimate of drug-likeness (QED) is 0.290. The lowest BCUT2D eigenvalue weighted by molar-refractivity contribution is -0.131. The van der Waals surface area contributed by atoms with E-state index >= 15 is 4.39 Å². The van der Waals surface area contributed by atoms with Crippen LogP contribution in [0.2, 0.25) is 5.02 Å². The fraction of sp³-hybridized carbons (Fsp3) is 0.310. The maximum atomic E-state index is 15.3.